The van der Waals surface area contributed by atoms with E-state index in [1.165, 1.54) is 57.8 Å². The highest BCUT2D eigenvalue weighted by Gasteiger charge is 2.37. The van der Waals surface area contributed by atoms with Crippen LogP contribution in [0.5, 0.6) is 0 Å². The third kappa shape index (κ3) is 10.6. The maximum absolute atomic E-state index is 9.80. The van der Waals surface area contributed by atoms with Crippen molar-refractivity contribution in [1.29, 1.82) is 0 Å². The number of ether oxygens (including phenoxy) is 2. The van der Waals surface area contributed by atoms with Crippen LogP contribution in [0, 0.1) is 0 Å². The van der Waals surface area contributed by atoms with Gasteiger partial charge in [0.2, 0.25) is 0 Å². The molecule has 1 rings (SSSR count). The van der Waals surface area contributed by atoms with Gasteiger partial charge in [0, 0.05) is 6.61 Å². The molecule has 5 nitrogen and oxygen atoms in total. The number of aliphatic hydroxyl groups is 3. The van der Waals surface area contributed by atoms with E-state index in [-0.39, 0.29) is 13.2 Å². The third-order valence-electron chi connectivity index (χ3n) is 4.94. The monoisotopic (exact) mass is 372 g/mol. The minimum absolute atomic E-state index is 0.0424. The molecule has 0 spiro atoms. The molecule has 1 fully saturated rings. The molecule has 1 aliphatic rings. The predicted molar refractivity (Wildman–Crippen MR) is 104 cm³/mol. The first-order valence-corrected chi connectivity index (χ1v) is 10.5. The van der Waals surface area contributed by atoms with Gasteiger partial charge in [0.25, 0.3) is 0 Å². The lowest BCUT2D eigenvalue weighted by Crippen LogP contribution is -2.54. The molecule has 0 bridgehead atoms. The summed E-state index contributed by atoms with van der Waals surface area (Å²) in [6, 6.07) is 0. The van der Waals surface area contributed by atoms with Crippen molar-refractivity contribution in [2.24, 2.45) is 0 Å². The van der Waals surface area contributed by atoms with Crippen molar-refractivity contribution in [2.45, 2.75) is 102 Å². The second-order valence-electron chi connectivity index (χ2n) is 7.37. The first-order valence-electron chi connectivity index (χ1n) is 10.5. The van der Waals surface area contributed by atoms with Crippen LogP contribution in [0.3, 0.4) is 0 Å². The summed E-state index contributed by atoms with van der Waals surface area (Å²) in [5.74, 6) is 0. The molecule has 0 amide bonds. The smallest absolute Gasteiger partial charge is 0.111 e. The molecule has 154 valence electrons. The number of rotatable bonds is 15. The minimum atomic E-state index is -1.15. The van der Waals surface area contributed by atoms with Gasteiger partial charge in [-0.25, -0.2) is 0 Å². The van der Waals surface area contributed by atoms with Crippen LogP contribution in [0.15, 0.2) is 12.2 Å². The molecule has 0 aromatic rings. The zero-order valence-electron chi connectivity index (χ0n) is 16.5. The van der Waals surface area contributed by atoms with E-state index in [9.17, 15) is 15.3 Å². The Morgan fingerprint density at radius 3 is 2.15 bits per heavy atom. The minimum Gasteiger partial charge on any atom is -0.388 e. The summed E-state index contributed by atoms with van der Waals surface area (Å²) in [6.07, 6.45) is 14.5. The first-order chi connectivity index (χ1) is 12.7. The summed E-state index contributed by atoms with van der Waals surface area (Å²) in [5, 5.41) is 28.8. The maximum Gasteiger partial charge on any atom is 0.111 e. The molecule has 0 unspecified atom stereocenters. The van der Waals surface area contributed by atoms with Gasteiger partial charge < -0.3 is 24.8 Å². The van der Waals surface area contributed by atoms with E-state index in [0.717, 1.165) is 12.8 Å². The van der Waals surface area contributed by atoms with Crippen LogP contribution in [0.25, 0.3) is 0 Å². The molecule has 3 N–H and O–H groups in total. The Kier molecular flexibility index (Phi) is 14.1. The number of hydrogen-bond donors (Lipinski definition) is 3. The van der Waals surface area contributed by atoms with Crippen molar-refractivity contribution < 1.29 is 24.8 Å². The fourth-order valence-electron chi connectivity index (χ4n) is 3.12. The SMILES string of the molecule is CCCC/C=C/CCCCCCCCCOC[C@@H]1OC[C@@H](O)[C@H](O)[C@H]1O. The molecule has 5 heteroatoms. The van der Waals surface area contributed by atoms with Crippen molar-refractivity contribution in [3.8, 4) is 0 Å². The normalized spacial score (nSPS) is 26.6. The van der Waals surface area contributed by atoms with Crippen molar-refractivity contribution in [2.75, 3.05) is 19.8 Å². The fourth-order valence-corrected chi connectivity index (χ4v) is 3.12. The zero-order valence-corrected chi connectivity index (χ0v) is 16.5. The van der Waals surface area contributed by atoms with Crippen LogP contribution in [-0.2, 0) is 9.47 Å². The van der Waals surface area contributed by atoms with Gasteiger partial charge in [0.05, 0.1) is 13.2 Å². The molecule has 0 aromatic carbocycles. The number of hydrogen-bond acceptors (Lipinski definition) is 5. The molecule has 26 heavy (non-hydrogen) atoms. The summed E-state index contributed by atoms with van der Waals surface area (Å²) in [4.78, 5) is 0. The summed E-state index contributed by atoms with van der Waals surface area (Å²) in [5.41, 5.74) is 0. The van der Waals surface area contributed by atoms with Crippen LogP contribution in [0.2, 0.25) is 0 Å². The van der Waals surface area contributed by atoms with Crippen LogP contribution in [0.4, 0.5) is 0 Å². The van der Waals surface area contributed by atoms with Gasteiger partial charge in [-0.3, -0.25) is 0 Å². The van der Waals surface area contributed by atoms with Gasteiger partial charge in [-0.15, -0.1) is 0 Å². The Morgan fingerprint density at radius 2 is 1.46 bits per heavy atom. The van der Waals surface area contributed by atoms with Gasteiger partial charge in [0.1, 0.15) is 24.4 Å². The number of allylic oxidation sites excluding steroid dienone is 2. The molecule has 0 aliphatic carbocycles. The first kappa shape index (κ1) is 23.6. The molecule has 1 heterocycles. The second-order valence-corrected chi connectivity index (χ2v) is 7.37. The highest BCUT2D eigenvalue weighted by atomic mass is 16.6. The van der Waals surface area contributed by atoms with Gasteiger partial charge in [0.15, 0.2) is 0 Å². The number of aliphatic hydroxyl groups excluding tert-OH is 3. The van der Waals surface area contributed by atoms with Crippen molar-refractivity contribution in [3.63, 3.8) is 0 Å². The van der Waals surface area contributed by atoms with Crippen molar-refractivity contribution in [1.82, 2.24) is 0 Å². The van der Waals surface area contributed by atoms with Crippen LogP contribution >= 0.6 is 0 Å². The molecule has 0 aromatic heterocycles. The van der Waals surface area contributed by atoms with E-state index in [0.29, 0.717) is 6.61 Å². The predicted octanol–water partition coefficient (Wildman–Crippen LogP) is 3.35. The topological polar surface area (TPSA) is 79.2 Å². The molecule has 0 saturated carbocycles. The van der Waals surface area contributed by atoms with E-state index in [1.807, 2.05) is 0 Å². The van der Waals surface area contributed by atoms with Crippen molar-refractivity contribution in [3.05, 3.63) is 12.2 Å². The lowest BCUT2D eigenvalue weighted by molar-refractivity contribution is -0.199. The average Bonchev–Trinajstić information content (AvgIpc) is 2.64. The van der Waals surface area contributed by atoms with Gasteiger partial charge >= 0.3 is 0 Å². The lowest BCUT2D eigenvalue weighted by Gasteiger charge is -2.35. The van der Waals surface area contributed by atoms with Crippen molar-refractivity contribution >= 4 is 0 Å². The molecule has 1 saturated heterocycles. The largest absolute Gasteiger partial charge is 0.388 e. The fraction of sp³-hybridized carbons (Fsp3) is 0.905. The van der Waals surface area contributed by atoms with E-state index >= 15 is 0 Å². The molecular formula is C21H40O5. The van der Waals surface area contributed by atoms with Gasteiger partial charge in [-0.2, -0.15) is 0 Å². The molecule has 1 aliphatic heterocycles. The Balaban J connectivity index is 1.83. The molecule has 4 atom stereocenters. The zero-order chi connectivity index (χ0) is 19.0. The van der Waals surface area contributed by atoms with E-state index < -0.39 is 24.4 Å². The average molecular weight is 373 g/mol. The Labute approximate surface area is 159 Å². The Morgan fingerprint density at radius 1 is 0.846 bits per heavy atom. The highest BCUT2D eigenvalue weighted by molar-refractivity contribution is 4.86. The highest BCUT2D eigenvalue weighted by Crippen LogP contribution is 2.16. The van der Waals surface area contributed by atoms with E-state index in [4.69, 9.17) is 9.47 Å². The third-order valence-corrected chi connectivity index (χ3v) is 4.94. The van der Waals surface area contributed by atoms with Crippen LogP contribution in [-0.4, -0.2) is 59.6 Å². The van der Waals surface area contributed by atoms with Crippen LogP contribution in [0.1, 0.15) is 77.6 Å². The van der Waals surface area contributed by atoms with Gasteiger partial charge in [-0.1, -0.05) is 64.0 Å². The van der Waals surface area contributed by atoms with Gasteiger partial charge in [-0.05, 0) is 25.7 Å². The lowest BCUT2D eigenvalue weighted by atomic mass is 10.0. The Bertz CT molecular complexity index is 347. The summed E-state index contributed by atoms with van der Waals surface area (Å²) >= 11 is 0. The summed E-state index contributed by atoms with van der Waals surface area (Å²) in [6.45, 7) is 3.18. The standard InChI is InChI=1S/C21H40O5/c1-2-3-4-5-6-7-8-9-10-11-12-13-14-15-25-17-19-21(24)20(23)18(22)16-26-19/h5-6,18-24H,2-4,7-17H2,1H3/b6-5+/t18-,19+,20+,21+/m1/s1. The van der Waals surface area contributed by atoms with E-state index in [2.05, 4.69) is 19.1 Å². The Hall–Kier alpha value is -0.460. The number of unbranched alkanes of at least 4 members (excludes halogenated alkanes) is 9. The second kappa shape index (κ2) is 15.6. The molecular weight excluding hydrogens is 332 g/mol. The van der Waals surface area contributed by atoms with Crippen LogP contribution < -0.4 is 0 Å². The summed E-state index contributed by atoms with van der Waals surface area (Å²) in [7, 11) is 0. The quantitative estimate of drug-likeness (QED) is 0.303. The van der Waals surface area contributed by atoms with E-state index in [1.54, 1.807) is 0 Å². The summed E-state index contributed by atoms with van der Waals surface area (Å²) < 4.78 is 10.8. The maximum atomic E-state index is 9.80. The molecule has 0 radical (unpaired) electrons.